The summed E-state index contributed by atoms with van der Waals surface area (Å²) in [6, 6.07) is 0.193. The fourth-order valence-electron chi connectivity index (χ4n) is 4.30. The van der Waals surface area contributed by atoms with E-state index in [2.05, 4.69) is 18.2 Å². The van der Waals surface area contributed by atoms with Gasteiger partial charge in [-0.25, -0.2) is 4.98 Å². The van der Waals surface area contributed by atoms with Crippen molar-refractivity contribution in [3.05, 3.63) is 20.8 Å². The highest BCUT2D eigenvalue weighted by atomic mass is 32.2. The number of nitrogens with zero attached hydrogens (tertiary/aromatic N) is 2. The number of carbonyl (C=O) groups is 1. The maximum Gasteiger partial charge on any atom is 0.263 e. The molecule has 0 saturated heterocycles. The normalized spacial score (nSPS) is 19.5. The Kier molecular flexibility index (Phi) is 5.79. The second-order valence-electron chi connectivity index (χ2n) is 7.81. The summed E-state index contributed by atoms with van der Waals surface area (Å²) in [6.45, 7) is 2.49. The van der Waals surface area contributed by atoms with Gasteiger partial charge in [0.05, 0.1) is 17.7 Å². The van der Waals surface area contributed by atoms with Crippen molar-refractivity contribution in [2.75, 3.05) is 12.3 Å². The first-order chi connectivity index (χ1) is 13.6. The predicted molar refractivity (Wildman–Crippen MR) is 115 cm³/mol. The molecule has 1 unspecified atom stereocenters. The molecule has 2 aromatic heterocycles. The van der Waals surface area contributed by atoms with Gasteiger partial charge in [-0.15, -0.1) is 17.8 Å². The van der Waals surface area contributed by atoms with E-state index in [0.29, 0.717) is 11.1 Å². The van der Waals surface area contributed by atoms with Crippen LogP contribution in [0.2, 0.25) is 0 Å². The lowest BCUT2D eigenvalue weighted by Gasteiger charge is -2.19. The van der Waals surface area contributed by atoms with E-state index < -0.39 is 0 Å². The molecule has 0 aliphatic heterocycles. The average molecular weight is 416 g/mol. The Labute approximate surface area is 173 Å². The van der Waals surface area contributed by atoms with Gasteiger partial charge in [0.2, 0.25) is 5.91 Å². The fourth-order valence-corrected chi connectivity index (χ4v) is 6.62. The van der Waals surface area contributed by atoms with E-state index in [9.17, 15) is 9.59 Å². The van der Waals surface area contributed by atoms with Crippen LogP contribution in [0.3, 0.4) is 0 Å². The quantitative estimate of drug-likeness (QED) is 0.461. The Hall–Kier alpha value is -1.78. The summed E-state index contributed by atoms with van der Waals surface area (Å²) in [4.78, 5) is 32.6. The number of carbonyl (C=O) groups excluding carboxylic acids is 1. The smallest absolute Gasteiger partial charge is 0.263 e. The van der Waals surface area contributed by atoms with Crippen molar-refractivity contribution >= 4 is 39.2 Å². The van der Waals surface area contributed by atoms with Gasteiger partial charge in [-0.05, 0) is 43.6 Å². The first kappa shape index (κ1) is 19.5. The van der Waals surface area contributed by atoms with Crippen LogP contribution in [-0.4, -0.2) is 27.8 Å². The molecule has 0 bridgehead atoms. The summed E-state index contributed by atoms with van der Waals surface area (Å²) < 4.78 is 1.89. The third-order valence-corrected chi connectivity index (χ3v) is 7.84. The van der Waals surface area contributed by atoms with Crippen LogP contribution in [0, 0.1) is 18.3 Å². The average Bonchev–Trinajstić information content (AvgIpc) is 3.31. The largest absolute Gasteiger partial charge is 0.344 e. The molecule has 148 valence electrons. The van der Waals surface area contributed by atoms with Gasteiger partial charge in [0.15, 0.2) is 5.16 Å². The topological polar surface area (TPSA) is 64.0 Å². The molecule has 28 heavy (non-hydrogen) atoms. The summed E-state index contributed by atoms with van der Waals surface area (Å²) in [7, 11) is 0. The SMILES string of the molecule is C#CCNC(=O)CSc1nc2sc3c(c2c(=O)n1C1CCCC1)CCC(C)C3. The zero-order valence-electron chi connectivity index (χ0n) is 16.1. The van der Waals surface area contributed by atoms with Gasteiger partial charge >= 0.3 is 0 Å². The molecule has 1 saturated carbocycles. The minimum atomic E-state index is -0.130. The van der Waals surface area contributed by atoms with Crippen molar-refractivity contribution in [1.82, 2.24) is 14.9 Å². The van der Waals surface area contributed by atoms with Gasteiger partial charge in [-0.1, -0.05) is 37.4 Å². The van der Waals surface area contributed by atoms with Crippen LogP contribution >= 0.6 is 23.1 Å². The fraction of sp³-hybridized carbons (Fsp3) is 0.571. The van der Waals surface area contributed by atoms with Gasteiger partial charge in [0, 0.05) is 10.9 Å². The highest BCUT2D eigenvalue weighted by Crippen LogP contribution is 2.38. The molecule has 2 aliphatic rings. The van der Waals surface area contributed by atoms with Crippen molar-refractivity contribution in [1.29, 1.82) is 0 Å². The van der Waals surface area contributed by atoms with Crippen molar-refractivity contribution in [3.63, 3.8) is 0 Å². The number of hydrogen-bond acceptors (Lipinski definition) is 5. The first-order valence-electron chi connectivity index (χ1n) is 9.98. The number of nitrogens with one attached hydrogen (secondary N) is 1. The van der Waals surface area contributed by atoms with E-state index in [1.807, 2.05) is 4.57 Å². The molecule has 1 atom stereocenters. The number of amides is 1. The Balaban J connectivity index is 1.75. The molecule has 1 fully saturated rings. The first-order valence-corrected chi connectivity index (χ1v) is 11.8. The van der Waals surface area contributed by atoms with Crippen LogP contribution in [0.4, 0.5) is 0 Å². The van der Waals surface area contributed by atoms with E-state index in [-0.39, 0.29) is 29.8 Å². The zero-order valence-corrected chi connectivity index (χ0v) is 17.8. The zero-order chi connectivity index (χ0) is 19.7. The molecule has 0 spiro atoms. The number of thioether (sulfide) groups is 1. The van der Waals surface area contributed by atoms with Crippen LogP contribution in [-0.2, 0) is 17.6 Å². The number of rotatable bonds is 5. The third-order valence-electron chi connectivity index (χ3n) is 5.74. The monoisotopic (exact) mass is 415 g/mol. The van der Waals surface area contributed by atoms with Gasteiger partial charge in [0.25, 0.3) is 5.56 Å². The molecule has 2 aliphatic carbocycles. The Bertz CT molecular complexity index is 996. The van der Waals surface area contributed by atoms with Crippen LogP contribution < -0.4 is 10.9 Å². The van der Waals surface area contributed by atoms with E-state index in [1.54, 1.807) is 11.3 Å². The molecule has 2 heterocycles. The number of thiophene rings is 1. The minimum Gasteiger partial charge on any atom is -0.344 e. The molecule has 4 rings (SSSR count). The lowest BCUT2D eigenvalue weighted by molar-refractivity contribution is -0.118. The number of aryl methyl sites for hydroxylation is 1. The summed E-state index contributed by atoms with van der Waals surface area (Å²) in [5, 5.41) is 4.19. The summed E-state index contributed by atoms with van der Waals surface area (Å²) in [6.07, 6.45) is 12.6. The molecule has 0 aromatic carbocycles. The summed E-state index contributed by atoms with van der Waals surface area (Å²) >= 11 is 3.01. The van der Waals surface area contributed by atoms with Crippen LogP contribution in [0.5, 0.6) is 0 Å². The second kappa shape index (κ2) is 8.30. The van der Waals surface area contributed by atoms with Crippen LogP contribution in [0.25, 0.3) is 10.2 Å². The lowest BCUT2D eigenvalue weighted by atomic mass is 9.89. The van der Waals surface area contributed by atoms with Crippen LogP contribution in [0.1, 0.15) is 55.5 Å². The highest BCUT2D eigenvalue weighted by molar-refractivity contribution is 7.99. The standard InChI is InChI=1S/C21H25N3O2S2/c1-3-10-22-17(25)12-27-21-23-19-18(15-9-8-13(2)11-16(15)28-19)20(26)24(21)14-6-4-5-7-14/h1,13-14H,4-12H2,2H3,(H,22,25). The molecule has 0 radical (unpaired) electrons. The Morgan fingerprint density at radius 2 is 2.18 bits per heavy atom. The second-order valence-corrected chi connectivity index (χ2v) is 9.84. The van der Waals surface area contributed by atoms with Crippen molar-refractivity contribution in [2.45, 2.75) is 63.1 Å². The maximum atomic E-state index is 13.6. The molecule has 1 N–H and O–H groups in total. The van der Waals surface area contributed by atoms with Crippen LogP contribution in [0.15, 0.2) is 9.95 Å². The van der Waals surface area contributed by atoms with E-state index in [0.717, 1.165) is 55.2 Å². The van der Waals surface area contributed by atoms with E-state index in [1.165, 1.54) is 22.2 Å². The molecule has 5 nitrogen and oxygen atoms in total. The molecular weight excluding hydrogens is 390 g/mol. The van der Waals surface area contributed by atoms with E-state index in [4.69, 9.17) is 11.4 Å². The van der Waals surface area contributed by atoms with Gasteiger partial charge < -0.3 is 5.32 Å². The molecule has 1 amide bonds. The lowest BCUT2D eigenvalue weighted by Crippen LogP contribution is -2.29. The summed E-state index contributed by atoms with van der Waals surface area (Å²) in [5.74, 6) is 3.15. The third kappa shape index (κ3) is 3.72. The summed E-state index contributed by atoms with van der Waals surface area (Å²) in [5.41, 5.74) is 1.32. The number of fused-ring (bicyclic) bond motifs is 3. The molecular formula is C21H25N3O2S2. The van der Waals surface area contributed by atoms with Gasteiger partial charge in [-0.2, -0.15) is 0 Å². The van der Waals surface area contributed by atoms with Gasteiger partial charge in [0.1, 0.15) is 4.83 Å². The maximum absolute atomic E-state index is 13.6. The van der Waals surface area contributed by atoms with Crippen molar-refractivity contribution in [2.24, 2.45) is 5.92 Å². The Morgan fingerprint density at radius 3 is 2.93 bits per heavy atom. The molecule has 2 aromatic rings. The molecule has 7 heteroatoms. The number of hydrogen-bond donors (Lipinski definition) is 1. The highest BCUT2D eigenvalue weighted by Gasteiger charge is 2.28. The predicted octanol–water partition coefficient (Wildman–Crippen LogP) is 3.54. The Morgan fingerprint density at radius 1 is 1.39 bits per heavy atom. The van der Waals surface area contributed by atoms with Crippen molar-refractivity contribution < 1.29 is 4.79 Å². The number of terminal acetylenes is 1. The minimum absolute atomic E-state index is 0.0930. The number of aromatic nitrogens is 2. The van der Waals surface area contributed by atoms with Crippen molar-refractivity contribution in [3.8, 4) is 12.3 Å². The van der Waals surface area contributed by atoms with E-state index >= 15 is 0 Å². The van der Waals surface area contributed by atoms with Gasteiger partial charge in [-0.3, -0.25) is 14.2 Å².